The number of urea groups is 1. The number of nitrogens with zero attached hydrogens (tertiary/aromatic N) is 1. The van der Waals surface area contributed by atoms with Gasteiger partial charge in [-0.1, -0.05) is 13.8 Å². The molecule has 1 aromatic carbocycles. The first kappa shape index (κ1) is 18.9. The highest BCUT2D eigenvalue weighted by atomic mass is 32.1. The van der Waals surface area contributed by atoms with Gasteiger partial charge in [0.25, 0.3) is 5.91 Å². The average molecular weight is 361 g/mol. The van der Waals surface area contributed by atoms with E-state index in [1.165, 1.54) is 0 Å². The number of aryl methyl sites for hydroxylation is 1. The predicted octanol–water partition coefficient (Wildman–Crippen LogP) is 3.37. The maximum atomic E-state index is 11.7. The van der Waals surface area contributed by atoms with Crippen LogP contribution in [0.15, 0.2) is 29.6 Å². The van der Waals surface area contributed by atoms with Crippen molar-refractivity contribution in [3.05, 3.63) is 35.3 Å². The van der Waals surface area contributed by atoms with Gasteiger partial charge >= 0.3 is 6.03 Å². The molecule has 1 aromatic heterocycles. The van der Waals surface area contributed by atoms with E-state index in [-0.39, 0.29) is 6.61 Å². The average Bonchev–Trinajstić information content (AvgIpc) is 2.99. The Morgan fingerprint density at radius 3 is 2.56 bits per heavy atom. The van der Waals surface area contributed by atoms with Crippen molar-refractivity contribution < 1.29 is 14.3 Å². The van der Waals surface area contributed by atoms with Crippen LogP contribution in [-0.4, -0.2) is 30.1 Å². The Bertz CT molecular complexity index is 711. The van der Waals surface area contributed by atoms with Crippen LogP contribution in [-0.2, 0) is 4.79 Å². The Morgan fingerprint density at radius 2 is 1.96 bits per heavy atom. The van der Waals surface area contributed by atoms with Crippen LogP contribution in [0.1, 0.15) is 26.0 Å². The highest BCUT2D eigenvalue weighted by Gasteiger charge is 2.09. The molecule has 0 spiro atoms. The van der Waals surface area contributed by atoms with E-state index in [2.05, 4.69) is 29.5 Å². The first-order valence-electron chi connectivity index (χ1n) is 8.17. The largest absolute Gasteiger partial charge is 0.484 e. The summed E-state index contributed by atoms with van der Waals surface area (Å²) in [6.07, 6.45) is 0.864. The molecule has 0 saturated heterocycles. The predicted molar refractivity (Wildman–Crippen MR) is 98.8 cm³/mol. The Kier molecular flexibility index (Phi) is 6.94. The summed E-state index contributed by atoms with van der Waals surface area (Å²) in [6, 6.07) is 6.85. The van der Waals surface area contributed by atoms with Gasteiger partial charge in [0.2, 0.25) is 0 Å². The summed E-state index contributed by atoms with van der Waals surface area (Å²) < 4.78 is 5.40. The number of nitrogens with one attached hydrogen (secondary N) is 2. The number of rotatable bonds is 7. The van der Waals surface area contributed by atoms with E-state index in [4.69, 9.17) is 4.74 Å². The molecule has 6 nitrogen and oxygen atoms in total. The number of carbonyl (C=O) groups is 2. The van der Waals surface area contributed by atoms with Gasteiger partial charge in [-0.2, -0.15) is 0 Å². The van der Waals surface area contributed by atoms with Crippen molar-refractivity contribution in [1.29, 1.82) is 0 Å². The summed E-state index contributed by atoms with van der Waals surface area (Å²) in [5, 5.41) is 7.82. The molecule has 1 heterocycles. The lowest BCUT2D eigenvalue weighted by atomic mass is 10.1. The number of imide groups is 1. The molecule has 0 aliphatic carbocycles. The maximum Gasteiger partial charge on any atom is 0.321 e. The van der Waals surface area contributed by atoms with Crippen LogP contribution in [0.4, 0.5) is 4.79 Å². The van der Waals surface area contributed by atoms with Crippen molar-refractivity contribution in [3.8, 4) is 16.3 Å². The standard InChI is InChI=1S/C18H23N3O3S/c1-12(2)8-9-19-18(23)21-16(22)10-24-15-6-4-14(5-7-15)17-20-13(3)11-25-17/h4-7,11-12H,8-10H2,1-3H3,(H2,19,21,22,23). The van der Waals surface area contributed by atoms with Gasteiger partial charge in [0, 0.05) is 23.2 Å². The molecule has 0 radical (unpaired) electrons. The number of ether oxygens (including phenoxy) is 1. The van der Waals surface area contributed by atoms with Crippen LogP contribution in [0.3, 0.4) is 0 Å². The molecular weight excluding hydrogens is 338 g/mol. The number of thiazole rings is 1. The van der Waals surface area contributed by atoms with Crippen molar-refractivity contribution in [2.24, 2.45) is 5.92 Å². The molecular formula is C18H23N3O3S. The second-order valence-electron chi connectivity index (χ2n) is 6.09. The van der Waals surface area contributed by atoms with Crippen LogP contribution in [0.2, 0.25) is 0 Å². The van der Waals surface area contributed by atoms with Crippen molar-refractivity contribution in [3.63, 3.8) is 0 Å². The summed E-state index contributed by atoms with van der Waals surface area (Å²) in [5.41, 5.74) is 1.99. The minimum atomic E-state index is -0.497. The zero-order valence-electron chi connectivity index (χ0n) is 14.7. The molecule has 0 unspecified atom stereocenters. The van der Waals surface area contributed by atoms with Crippen molar-refractivity contribution in [1.82, 2.24) is 15.6 Å². The Hall–Kier alpha value is -2.41. The smallest absolute Gasteiger partial charge is 0.321 e. The molecule has 0 aliphatic rings. The summed E-state index contributed by atoms with van der Waals surface area (Å²) >= 11 is 1.58. The van der Waals surface area contributed by atoms with Gasteiger partial charge < -0.3 is 10.1 Å². The van der Waals surface area contributed by atoms with E-state index in [1.807, 2.05) is 24.4 Å². The molecule has 134 valence electrons. The van der Waals surface area contributed by atoms with Gasteiger partial charge in [0.05, 0.1) is 0 Å². The van der Waals surface area contributed by atoms with E-state index in [9.17, 15) is 9.59 Å². The van der Waals surface area contributed by atoms with Gasteiger partial charge in [-0.15, -0.1) is 11.3 Å². The van der Waals surface area contributed by atoms with E-state index >= 15 is 0 Å². The second kappa shape index (κ2) is 9.17. The number of hydrogen-bond donors (Lipinski definition) is 2. The summed E-state index contributed by atoms with van der Waals surface area (Å²) in [4.78, 5) is 27.7. The number of amides is 3. The van der Waals surface area contributed by atoms with E-state index in [1.54, 1.807) is 23.5 Å². The number of aromatic nitrogens is 1. The van der Waals surface area contributed by atoms with E-state index in [0.29, 0.717) is 18.2 Å². The highest BCUT2D eigenvalue weighted by molar-refractivity contribution is 7.13. The lowest BCUT2D eigenvalue weighted by molar-refractivity contribution is -0.122. The Morgan fingerprint density at radius 1 is 1.24 bits per heavy atom. The monoisotopic (exact) mass is 361 g/mol. The molecule has 2 aromatic rings. The minimum absolute atomic E-state index is 0.215. The third kappa shape index (κ3) is 6.54. The molecule has 0 atom stereocenters. The molecule has 0 bridgehead atoms. The molecule has 25 heavy (non-hydrogen) atoms. The van der Waals surface area contributed by atoms with E-state index in [0.717, 1.165) is 22.7 Å². The van der Waals surface area contributed by atoms with Crippen LogP contribution in [0.25, 0.3) is 10.6 Å². The molecule has 3 amide bonds. The second-order valence-corrected chi connectivity index (χ2v) is 6.95. The number of benzene rings is 1. The first-order chi connectivity index (χ1) is 11.9. The summed E-state index contributed by atoms with van der Waals surface area (Å²) in [6.45, 7) is 6.41. The molecule has 0 aliphatic heterocycles. The van der Waals surface area contributed by atoms with Gasteiger partial charge in [0.15, 0.2) is 6.61 Å². The topological polar surface area (TPSA) is 80.3 Å². The van der Waals surface area contributed by atoms with Crippen molar-refractivity contribution in [2.45, 2.75) is 27.2 Å². The molecule has 2 rings (SSSR count). The molecule has 0 saturated carbocycles. The number of carbonyl (C=O) groups excluding carboxylic acids is 2. The SMILES string of the molecule is Cc1csc(-c2ccc(OCC(=O)NC(=O)NCCC(C)C)cc2)n1. The van der Waals surface area contributed by atoms with Gasteiger partial charge in [0.1, 0.15) is 10.8 Å². The van der Waals surface area contributed by atoms with Gasteiger partial charge in [-0.05, 0) is 43.5 Å². The third-order valence-electron chi connectivity index (χ3n) is 3.35. The van der Waals surface area contributed by atoms with Crippen molar-refractivity contribution in [2.75, 3.05) is 13.2 Å². The highest BCUT2D eigenvalue weighted by Crippen LogP contribution is 2.25. The molecule has 7 heteroatoms. The quantitative estimate of drug-likeness (QED) is 0.792. The third-order valence-corrected chi connectivity index (χ3v) is 4.36. The fourth-order valence-electron chi connectivity index (χ4n) is 2.01. The molecule has 2 N–H and O–H groups in total. The maximum absolute atomic E-state index is 11.7. The zero-order chi connectivity index (χ0) is 18.2. The van der Waals surface area contributed by atoms with Crippen LogP contribution in [0, 0.1) is 12.8 Å². The van der Waals surface area contributed by atoms with Gasteiger partial charge in [-0.3, -0.25) is 10.1 Å². The van der Waals surface area contributed by atoms with Crippen LogP contribution < -0.4 is 15.4 Å². The fraction of sp³-hybridized carbons (Fsp3) is 0.389. The molecule has 0 fully saturated rings. The zero-order valence-corrected chi connectivity index (χ0v) is 15.5. The first-order valence-corrected chi connectivity index (χ1v) is 9.05. The van der Waals surface area contributed by atoms with Crippen molar-refractivity contribution >= 4 is 23.3 Å². The van der Waals surface area contributed by atoms with Crippen LogP contribution >= 0.6 is 11.3 Å². The van der Waals surface area contributed by atoms with E-state index < -0.39 is 11.9 Å². The fourth-order valence-corrected chi connectivity index (χ4v) is 2.81. The lowest BCUT2D eigenvalue weighted by Gasteiger charge is -2.09. The number of hydrogen-bond acceptors (Lipinski definition) is 5. The Balaban J connectivity index is 1.75. The minimum Gasteiger partial charge on any atom is -0.484 e. The Labute approximate surface area is 151 Å². The van der Waals surface area contributed by atoms with Crippen LogP contribution in [0.5, 0.6) is 5.75 Å². The lowest BCUT2D eigenvalue weighted by Crippen LogP contribution is -2.42. The van der Waals surface area contributed by atoms with Gasteiger partial charge in [-0.25, -0.2) is 9.78 Å². The summed E-state index contributed by atoms with van der Waals surface area (Å²) in [5.74, 6) is 0.574. The summed E-state index contributed by atoms with van der Waals surface area (Å²) in [7, 11) is 0. The normalized spacial score (nSPS) is 10.6.